The molecule has 10 atom stereocenters. The summed E-state index contributed by atoms with van der Waals surface area (Å²) in [5, 5.41) is 59.4. The molecule has 0 aromatic heterocycles. The molecular weight excluding hydrogens is 995 g/mol. The van der Waals surface area contributed by atoms with Gasteiger partial charge in [0.25, 0.3) is 0 Å². The Hall–Kier alpha value is -5.76. The van der Waals surface area contributed by atoms with Crippen LogP contribution in [-0.4, -0.2) is 147 Å². The molecule has 5 heterocycles. The number of aliphatic hydroxyl groups excluding tert-OH is 6. The van der Waals surface area contributed by atoms with Crippen LogP contribution < -0.4 is 10.6 Å². The minimum Gasteiger partial charge on any atom is -0.396 e. The van der Waals surface area contributed by atoms with Gasteiger partial charge in [-0.25, -0.2) is 0 Å². The summed E-state index contributed by atoms with van der Waals surface area (Å²) in [6, 6.07) is 29.5. The number of imide groups is 3. The molecule has 17 nitrogen and oxygen atoms in total. The Morgan fingerprint density at radius 1 is 0.385 bits per heavy atom. The number of benzene rings is 3. The minimum absolute atomic E-state index is 0.00166. The van der Waals surface area contributed by atoms with Crippen molar-refractivity contribution in [3.8, 4) is 0 Å². The van der Waals surface area contributed by atoms with E-state index < -0.39 is 11.8 Å². The first kappa shape index (κ1) is 61.5. The Morgan fingerprint density at radius 3 is 1.06 bits per heavy atom. The van der Waals surface area contributed by atoms with Crippen molar-refractivity contribution in [2.45, 2.75) is 83.8 Å². The molecule has 5 fully saturated rings. The number of amides is 6. The molecule has 6 amide bonds. The van der Waals surface area contributed by atoms with Crippen LogP contribution in [0.5, 0.6) is 0 Å². The van der Waals surface area contributed by atoms with Gasteiger partial charge in [0, 0.05) is 59.3 Å². The third-order valence-corrected chi connectivity index (χ3v) is 16.2. The van der Waals surface area contributed by atoms with Gasteiger partial charge in [-0.15, -0.1) is 0 Å². The summed E-state index contributed by atoms with van der Waals surface area (Å²) in [6.07, 6.45) is 14.8. The van der Waals surface area contributed by atoms with E-state index in [0.717, 1.165) is 82.4 Å². The zero-order chi connectivity index (χ0) is 55.8. The molecule has 0 radical (unpaired) electrons. The number of carbonyl (C=O) groups excluding carboxylic acids is 6. The molecule has 2 aliphatic carbocycles. The van der Waals surface area contributed by atoms with Crippen molar-refractivity contribution >= 4 is 35.4 Å². The molecule has 424 valence electrons. The van der Waals surface area contributed by atoms with E-state index in [9.17, 15) is 28.8 Å². The second-order valence-electron chi connectivity index (χ2n) is 21.3. The SMILES string of the molecule is O=C1NC(=O)[C@@H]2CC=CC[C@H]12.O=C1[C@H](CCO)[C@@H](CCO)C(=O)N1Cc1ccccc1.O=C1[C@H]2CC=CC[C@H]2C(=O)N1Cc1ccccc1.OCC[C@H]1CN(Cc2ccccc2)C[C@@H]1CCO.OCC[C@H]1CNC[C@@H]1CCO. The van der Waals surface area contributed by atoms with E-state index in [1.165, 1.54) is 15.4 Å². The molecule has 0 unspecified atom stereocenters. The zero-order valence-corrected chi connectivity index (χ0v) is 45.0. The molecular formula is C61H83N5O12. The Kier molecular flexibility index (Phi) is 25.5. The first-order valence-corrected chi connectivity index (χ1v) is 28.0. The smallest absolute Gasteiger partial charge is 0.233 e. The van der Waals surface area contributed by atoms with E-state index in [1.807, 2.05) is 91.0 Å². The number of nitrogens with one attached hydrogen (secondary N) is 2. The van der Waals surface area contributed by atoms with E-state index in [2.05, 4.69) is 39.8 Å². The first-order chi connectivity index (χ1) is 38.0. The van der Waals surface area contributed by atoms with Crippen LogP contribution in [0, 0.1) is 59.2 Å². The Morgan fingerprint density at radius 2 is 0.705 bits per heavy atom. The molecule has 5 saturated heterocycles. The summed E-state index contributed by atoms with van der Waals surface area (Å²) in [4.78, 5) is 76.3. The van der Waals surface area contributed by atoms with Gasteiger partial charge >= 0.3 is 0 Å². The van der Waals surface area contributed by atoms with E-state index >= 15 is 0 Å². The number of hydrogen-bond donors (Lipinski definition) is 8. The van der Waals surface area contributed by atoms with Gasteiger partial charge in [0.15, 0.2) is 0 Å². The monoisotopic (exact) mass is 1080 g/mol. The van der Waals surface area contributed by atoms with Gasteiger partial charge in [-0.3, -0.25) is 48.8 Å². The van der Waals surface area contributed by atoms with Gasteiger partial charge < -0.3 is 36.0 Å². The third kappa shape index (κ3) is 17.1. The number of likely N-dealkylation sites (tertiary alicyclic amines) is 3. The first-order valence-electron chi connectivity index (χ1n) is 28.0. The maximum absolute atomic E-state index is 12.3. The van der Waals surface area contributed by atoms with Gasteiger partial charge in [-0.1, -0.05) is 115 Å². The number of carbonyl (C=O) groups is 6. The van der Waals surface area contributed by atoms with Crippen molar-refractivity contribution in [2.75, 3.05) is 65.8 Å². The average molecular weight is 1080 g/mol. The maximum Gasteiger partial charge on any atom is 0.233 e. The van der Waals surface area contributed by atoms with Crippen LogP contribution in [0.2, 0.25) is 0 Å². The molecule has 0 saturated carbocycles. The largest absolute Gasteiger partial charge is 0.396 e. The van der Waals surface area contributed by atoms with E-state index in [1.54, 1.807) is 0 Å². The Balaban J connectivity index is 0.000000161. The van der Waals surface area contributed by atoms with E-state index in [4.69, 9.17) is 30.6 Å². The summed E-state index contributed by atoms with van der Waals surface area (Å²) >= 11 is 0. The lowest BCUT2D eigenvalue weighted by molar-refractivity contribution is -0.142. The van der Waals surface area contributed by atoms with Gasteiger partial charge in [-0.2, -0.15) is 0 Å². The molecule has 7 aliphatic rings. The van der Waals surface area contributed by atoms with Crippen LogP contribution >= 0.6 is 0 Å². The van der Waals surface area contributed by atoms with E-state index in [-0.39, 0.29) is 118 Å². The number of fused-ring (bicyclic) bond motifs is 2. The third-order valence-electron chi connectivity index (χ3n) is 16.2. The highest BCUT2D eigenvalue weighted by molar-refractivity contribution is 6.06. The molecule has 10 rings (SSSR count). The van der Waals surface area contributed by atoms with Crippen LogP contribution in [0.15, 0.2) is 115 Å². The minimum atomic E-state index is -0.511. The zero-order valence-electron chi connectivity index (χ0n) is 45.0. The number of allylic oxidation sites excluding steroid dienone is 4. The van der Waals surface area contributed by atoms with Crippen LogP contribution in [0.4, 0.5) is 0 Å². The molecule has 8 N–H and O–H groups in total. The highest BCUT2D eigenvalue weighted by Crippen LogP contribution is 2.37. The molecule has 3 aromatic carbocycles. The van der Waals surface area contributed by atoms with Crippen molar-refractivity contribution < 1.29 is 59.4 Å². The number of aliphatic hydroxyl groups is 6. The van der Waals surface area contributed by atoms with Crippen LogP contribution in [0.1, 0.15) is 80.9 Å². The summed E-state index contributed by atoms with van der Waals surface area (Å²) in [5.74, 6) is 0.128. The quantitative estimate of drug-likeness (QED) is 0.0662. The van der Waals surface area contributed by atoms with Gasteiger partial charge in [0.2, 0.25) is 35.4 Å². The lowest BCUT2D eigenvalue weighted by atomic mass is 9.85. The van der Waals surface area contributed by atoms with Gasteiger partial charge in [-0.05, 0) is 118 Å². The number of rotatable bonds is 18. The highest BCUT2D eigenvalue weighted by Gasteiger charge is 2.48. The molecule has 5 aliphatic heterocycles. The van der Waals surface area contributed by atoms with Crippen molar-refractivity contribution in [3.05, 3.63) is 132 Å². The van der Waals surface area contributed by atoms with Gasteiger partial charge in [0.05, 0.1) is 48.6 Å². The van der Waals surface area contributed by atoms with Crippen molar-refractivity contribution in [2.24, 2.45) is 59.2 Å². The van der Waals surface area contributed by atoms with E-state index in [0.29, 0.717) is 43.1 Å². The predicted molar refractivity (Wildman–Crippen MR) is 294 cm³/mol. The standard InChI is InChI=1S/C15H19NO4.C15H15NO2.C15H23NO2.C8H9NO2.C8H17NO2/c17-8-6-12-13(7-9-18)15(20)16(14(12)19)10-11-4-2-1-3-5-11;17-14-12-8-4-5-9-13(12)15(18)16(14)10-11-6-2-1-3-7-11;17-8-6-14-11-16(12-15(14)7-9-18)10-13-4-2-1-3-5-13;10-7-5-3-1-2-4-6(5)8(11)9-7;10-3-1-7-5-9-6-8(7)2-4-11/h1-5,12-13,17-18H,6-10H2;1-7,12-13H,8-10H2;1-5,14-15,17-18H,6-12H2;1-2,5-6H,3-4H2,(H,9,10,11);7-11H,1-6H2/t12-,13-;12-,13+;14-,15-;5-,6+;7-,8-/m1.0.0/s1. The normalized spacial score (nSPS) is 26.9. The fraction of sp³-hybridized carbons (Fsp3) is 0.541. The molecule has 3 aromatic rings. The Labute approximate surface area is 459 Å². The van der Waals surface area contributed by atoms with Gasteiger partial charge in [0.1, 0.15) is 0 Å². The van der Waals surface area contributed by atoms with Crippen LogP contribution in [-0.2, 0) is 48.4 Å². The summed E-state index contributed by atoms with van der Waals surface area (Å²) < 4.78 is 0. The fourth-order valence-electron chi connectivity index (χ4n) is 12.0. The molecule has 78 heavy (non-hydrogen) atoms. The lowest BCUT2D eigenvalue weighted by Gasteiger charge is -2.15. The van der Waals surface area contributed by atoms with Crippen molar-refractivity contribution in [3.63, 3.8) is 0 Å². The summed E-state index contributed by atoms with van der Waals surface area (Å²) in [7, 11) is 0. The predicted octanol–water partition coefficient (Wildman–Crippen LogP) is 4.00. The molecule has 17 heteroatoms. The molecule has 0 spiro atoms. The summed E-state index contributed by atoms with van der Waals surface area (Å²) in [6.45, 7) is 6.52. The van der Waals surface area contributed by atoms with Crippen molar-refractivity contribution in [1.82, 2.24) is 25.3 Å². The maximum atomic E-state index is 12.3. The second-order valence-corrected chi connectivity index (χ2v) is 21.3. The number of nitrogens with zero attached hydrogens (tertiary/aromatic N) is 3. The van der Waals surface area contributed by atoms with Crippen LogP contribution in [0.25, 0.3) is 0 Å². The Bertz CT molecular complexity index is 2310. The topological polar surface area (TPSA) is 258 Å². The number of hydrogen-bond acceptors (Lipinski definition) is 14. The second kappa shape index (κ2) is 32.3. The molecule has 0 bridgehead atoms. The van der Waals surface area contributed by atoms with Crippen LogP contribution in [0.3, 0.4) is 0 Å². The average Bonchev–Trinajstić information content (AvgIpc) is 4.27. The lowest BCUT2D eigenvalue weighted by Crippen LogP contribution is -2.30. The van der Waals surface area contributed by atoms with Crippen molar-refractivity contribution in [1.29, 1.82) is 0 Å². The highest BCUT2D eigenvalue weighted by atomic mass is 16.3. The summed E-state index contributed by atoms with van der Waals surface area (Å²) in [5.41, 5.74) is 3.23. The fourth-order valence-corrected chi connectivity index (χ4v) is 12.0.